The number of pyridine rings is 1. The van der Waals surface area contributed by atoms with E-state index in [0.29, 0.717) is 0 Å². The van der Waals surface area contributed by atoms with Gasteiger partial charge in [-0.15, -0.1) is 0 Å². The maximum atomic E-state index is 5.81. The molecular weight excluding hydrogens is 198 g/mol. The first kappa shape index (κ1) is 11.4. The lowest BCUT2D eigenvalue weighted by Crippen LogP contribution is -2.26. The van der Waals surface area contributed by atoms with Crippen LogP contribution in [0.25, 0.3) is 0 Å². The zero-order valence-corrected chi connectivity index (χ0v) is 10.2. The second-order valence-electron chi connectivity index (χ2n) is 4.72. The summed E-state index contributed by atoms with van der Waals surface area (Å²) in [6, 6.07) is 4.24. The summed E-state index contributed by atoms with van der Waals surface area (Å²) in [7, 11) is 0. The molecule has 88 valence electrons. The van der Waals surface area contributed by atoms with Gasteiger partial charge in [0.15, 0.2) is 0 Å². The fourth-order valence-electron chi connectivity index (χ4n) is 1.85. The summed E-state index contributed by atoms with van der Waals surface area (Å²) in [6.45, 7) is 6.35. The lowest BCUT2D eigenvalue weighted by atomic mass is 10.1. The van der Waals surface area contributed by atoms with Crippen molar-refractivity contribution in [2.75, 3.05) is 18.0 Å². The van der Waals surface area contributed by atoms with Gasteiger partial charge in [0.2, 0.25) is 0 Å². The molecule has 2 N–H and O–H groups in total. The summed E-state index contributed by atoms with van der Waals surface area (Å²) >= 11 is 0. The molecule has 3 heteroatoms. The van der Waals surface area contributed by atoms with Crippen molar-refractivity contribution in [2.45, 2.75) is 32.7 Å². The van der Waals surface area contributed by atoms with Gasteiger partial charge in [-0.2, -0.15) is 0 Å². The van der Waals surface area contributed by atoms with E-state index < -0.39 is 0 Å². The molecule has 1 fully saturated rings. The van der Waals surface area contributed by atoms with Crippen LogP contribution in [-0.2, 0) is 0 Å². The minimum absolute atomic E-state index is 0.0695. The Kier molecular flexibility index (Phi) is 3.44. The smallest absolute Gasteiger partial charge is 0.128 e. The van der Waals surface area contributed by atoms with Crippen LogP contribution in [0.1, 0.15) is 38.3 Å². The molecule has 1 heterocycles. The Morgan fingerprint density at radius 2 is 2.25 bits per heavy atom. The molecule has 1 aromatic rings. The fourth-order valence-corrected chi connectivity index (χ4v) is 1.85. The third-order valence-electron chi connectivity index (χ3n) is 3.18. The Hall–Kier alpha value is -1.09. The van der Waals surface area contributed by atoms with Gasteiger partial charge in [-0.3, -0.25) is 0 Å². The van der Waals surface area contributed by atoms with Crippen LogP contribution in [0.4, 0.5) is 5.82 Å². The summed E-state index contributed by atoms with van der Waals surface area (Å²) < 4.78 is 0. The van der Waals surface area contributed by atoms with Crippen LogP contribution in [0.3, 0.4) is 0 Å². The molecule has 1 atom stereocenters. The monoisotopic (exact) mass is 219 g/mol. The largest absolute Gasteiger partial charge is 0.357 e. The Morgan fingerprint density at radius 1 is 1.50 bits per heavy atom. The van der Waals surface area contributed by atoms with E-state index in [2.05, 4.69) is 28.9 Å². The highest BCUT2D eigenvalue weighted by Gasteiger charge is 2.24. The second kappa shape index (κ2) is 4.83. The van der Waals surface area contributed by atoms with Gasteiger partial charge in [0.1, 0.15) is 5.82 Å². The molecule has 1 aliphatic carbocycles. The van der Waals surface area contributed by atoms with Crippen molar-refractivity contribution < 1.29 is 0 Å². The maximum absolute atomic E-state index is 5.81. The van der Waals surface area contributed by atoms with Gasteiger partial charge in [-0.1, -0.05) is 6.07 Å². The summed E-state index contributed by atoms with van der Waals surface area (Å²) in [5.74, 6) is 1.98. The van der Waals surface area contributed by atoms with Crippen molar-refractivity contribution in [3.8, 4) is 0 Å². The van der Waals surface area contributed by atoms with Crippen molar-refractivity contribution in [3.63, 3.8) is 0 Å². The molecule has 1 saturated carbocycles. The van der Waals surface area contributed by atoms with Crippen LogP contribution in [0.2, 0.25) is 0 Å². The summed E-state index contributed by atoms with van der Waals surface area (Å²) in [5.41, 5.74) is 6.91. The average Bonchev–Trinajstić information content (AvgIpc) is 3.10. The van der Waals surface area contributed by atoms with Crippen LogP contribution in [0.5, 0.6) is 0 Å². The van der Waals surface area contributed by atoms with E-state index in [0.717, 1.165) is 30.4 Å². The van der Waals surface area contributed by atoms with E-state index in [4.69, 9.17) is 5.73 Å². The highest BCUT2D eigenvalue weighted by molar-refractivity contribution is 5.39. The fraction of sp³-hybridized carbons (Fsp3) is 0.615. The van der Waals surface area contributed by atoms with Gasteiger partial charge in [0.25, 0.3) is 0 Å². The Balaban J connectivity index is 2.05. The summed E-state index contributed by atoms with van der Waals surface area (Å²) in [4.78, 5) is 6.85. The highest BCUT2D eigenvalue weighted by Crippen LogP contribution is 2.30. The predicted octanol–water partition coefficient (Wildman–Crippen LogP) is 2.34. The number of rotatable bonds is 5. The highest BCUT2D eigenvalue weighted by atomic mass is 15.2. The Bertz CT molecular complexity index is 328. The van der Waals surface area contributed by atoms with Crippen LogP contribution in [0, 0.1) is 5.92 Å². The first-order valence-corrected chi connectivity index (χ1v) is 6.17. The second-order valence-corrected chi connectivity index (χ2v) is 4.72. The number of anilines is 1. The third-order valence-corrected chi connectivity index (χ3v) is 3.18. The molecule has 0 amide bonds. The molecule has 16 heavy (non-hydrogen) atoms. The van der Waals surface area contributed by atoms with Crippen molar-refractivity contribution in [3.05, 3.63) is 23.9 Å². The van der Waals surface area contributed by atoms with Crippen LogP contribution in [0.15, 0.2) is 18.3 Å². The van der Waals surface area contributed by atoms with Gasteiger partial charge < -0.3 is 10.6 Å². The zero-order chi connectivity index (χ0) is 11.5. The van der Waals surface area contributed by atoms with Crippen molar-refractivity contribution in [1.82, 2.24) is 4.98 Å². The number of nitrogens with zero attached hydrogens (tertiary/aromatic N) is 2. The standard InChI is InChI=1S/C13H21N3/c1-3-16(9-11-4-5-11)13-7-6-12(8-15-13)10(2)14/h6-8,10-11H,3-5,9,14H2,1-2H3. The minimum Gasteiger partial charge on any atom is -0.357 e. The minimum atomic E-state index is 0.0695. The van der Waals surface area contributed by atoms with E-state index in [1.165, 1.54) is 12.8 Å². The van der Waals surface area contributed by atoms with Gasteiger partial charge in [0, 0.05) is 25.3 Å². The first-order valence-electron chi connectivity index (χ1n) is 6.17. The predicted molar refractivity (Wildman–Crippen MR) is 67.5 cm³/mol. The molecule has 1 aliphatic rings. The number of nitrogens with two attached hydrogens (primary N) is 1. The van der Waals surface area contributed by atoms with Gasteiger partial charge in [-0.05, 0) is 44.2 Å². The molecule has 1 aromatic heterocycles. The molecule has 0 radical (unpaired) electrons. The van der Waals surface area contributed by atoms with E-state index in [1.54, 1.807) is 0 Å². The summed E-state index contributed by atoms with van der Waals surface area (Å²) in [6.07, 6.45) is 4.67. The lowest BCUT2D eigenvalue weighted by molar-refractivity contribution is 0.729. The molecule has 0 aromatic carbocycles. The van der Waals surface area contributed by atoms with Crippen LogP contribution in [-0.4, -0.2) is 18.1 Å². The molecule has 3 nitrogen and oxygen atoms in total. The lowest BCUT2D eigenvalue weighted by Gasteiger charge is -2.22. The van der Waals surface area contributed by atoms with Gasteiger partial charge in [0.05, 0.1) is 0 Å². The van der Waals surface area contributed by atoms with E-state index in [1.807, 2.05) is 13.1 Å². The van der Waals surface area contributed by atoms with Crippen molar-refractivity contribution in [2.24, 2.45) is 11.7 Å². The molecule has 0 spiro atoms. The molecule has 1 unspecified atom stereocenters. The van der Waals surface area contributed by atoms with Crippen molar-refractivity contribution in [1.29, 1.82) is 0 Å². The molecule has 2 rings (SSSR count). The maximum Gasteiger partial charge on any atom is 0.128 e. The Morgan fingerprint density at radius 3 is 2.69 bits per heavy atom. The first-order chi connectivity index (χ1) is 7.70. The summed E-state index contributed by atoms with van der Waals surface area (Å²) in [5, 5.41) is 0. The van der Waals surface area contributed by atoms with Crippen molar-refractivity contribution >= 4 is 5.82 Å². The topological polar surface area (TPSA) is 42.1 Å². The van der Waals surface area contributed by atoms with Gasteiger partial charge in [-0.25, -0.2) is 4.98 Å². The quantitative estimate of drug-likeness (QED) is 0.826. The SMILES string of the molecule is CCN(CC1CC1)c1ccc(C(C)N)cn1. The molecule has 0 aliphatic heterocycles. The average molecular weight is 219 g/mol. The Labute approximate surface area is 97.7 Å². The number of hydrogen-bond donors (Lipinski definition) is 1. The van der Waals surface area contributed by atoms with Crippen LogP contribution >= 0.6 is 0 Å². The van der Waals surface area contributed by atoms with Gasteiger partial charge >= 0.3 is 0 Å². The third kappa shape index (κ3) is 2.73. The number of aromatic nitrogens is 1. The van der Waals surface area contributed by atoms with E-state index in [-0.39, 0.29) is 6.04 Å². The molecule has 0 bridgehead atoms. The normalized spacial score (nSPS) is 17.2. The molecule has 0 saturated heterocycles. The zero-order valence-electron chi connectivity index (χ0n) is 10.2. The molecular formula is C13H21N3. The van der Waals surface area contributed by atoms with E-state index in [9.17, 15) is 0 Å². The van der Waals surface area contributed by atoms with Crippen LogP contribution < -0.4 is 10.6 Å². The van der Waals surface area contributed by atoms with E-state index >= 15 is 0 Å². The number of hydrogen-bond acceptors (Lipinski definition) is 3.